The Morgan fingerprint density at radius 1 is 1.12 bits per heavy atom. The molecule has 1 saturated heterocycles. The second-order valence-corrected chi connectivity index (χ2v) is 7.28. The van der Waals surface area contributed by atoms with Crippen LogP contribution in [0.1, 0.15) is 6.42 Å². The van der Waals surface area contributed by atoms with Gasteiger partial charge in [-0.05, 0) is 36.2 Å². The molecule has 0 radical (unpaired) electrons. The zero-order valence-electron chi connectivity index (χ0n) is 13.5. The van der Waals surface area contributed by atoms with Crippen LogP contribution in [0.3, 0.4) is 0 Å². The van der Waals surface area contributed by atoms with Crippen molar-refractivity contribution in [2.45, 2.75) is 6.42 Å². The summed E-state index contributed by atoms with van der Waals surface area (Å²) in [4.78, 5) is 37.9. The van der Waals surface area contributed by atoms with Crippen LogP contribution in [0.5, 0.6) is 5.75 Å². The summed E-state index contributed by atoms with van der Waals surface area (Å²) in [6, 6.07) is 3.99. The molecular weight excluding hydrogens is 324 g/mol. The minimum atomic E-state index is -0.540. The van der Waals surface area contributed by atoms with Crippen molar-refractivity contribution in [3.63, 3.8) is 0 Å². The summed E-state index contributed by atoms with van der Waals surface area (Å²) >= 11 is 0. The summed E-state index contributed by atoms with van der Waals surface area (Å²) in [6.07, 6.45) is 5.29. The third-order valence-corrected chi connectivity index (χ3v) is 6.28. The van der Waals surface area contributed by atoms with Gasteiger partial charge >= 0.3 is 0 Å². The monoisotopic (exact) mass is 340 g/mol. The van der Waals surface area contributed by atoms with Crippen molar-refractivity contribution < 1.29 is 19.2 Å². The number of amides is 2. The van der Waals surface area contributed by atoms with Gasteiger partial charge in [-0.2, -0.15) is 0 Å². The molecular formula is C18H16N2O5. The Morgan fingerprint density at radius 2 is 1.72 bits per heavy atom. The third-order valence-electron chi connectivity index (χ3n) is 6.28. The number of nitro groups is 1. The summed E-state index contributed by atoms with van der Waals surface area (Å²) < 4.78 is 5.26. The van der Waals surface area contributed by atoms with E-state index in [1.807, 2.05) is 0 Å². The van der Waals surface area contributed by atoms with Gasteiger partial charge in [0.1, 0.15) is 11.4 Å². The highest BCUT2D eigenvalue weighted by atomic mass is 16.6. The van der Waals surface area contributed by atoms with Crippen molar-refractivity contribution in [1.29, 1.82) is 0 Å². The van der Waals surface area contributed by atoms with E-state index in [-0.39, 0.29) is 52.6 Å². The molecule has 1 aromatic rings. The Balaban J connectivity index is 1.60. The number of imide groups is 1. The first kappa shape index (κ1) is 14.6. The van der Waals surface area contributed by atoms with Gasteiger partial charge in [0.2, 0.25) is 11.8 Å². The number of allylic oxidation sites excluding steroid dienone is 2. The van der Waals surface area contributed by atoms with Crippen molar-refractivity contribution in [3.05, 3.63) is 40.5 Å². The average Bonchev–Trinajstić information content (AvgIpc) is 3.39. The van der Waals surface area contributed by atoms with E-state index in [9.17, 15) is 19.7 Å². The van der Waals surface area contributed by atoms with E-state index < -0.39 is 4.92 Å². The fourth-order valence-corrected chi connectivity index (χ4v) is 5.16. The molecule has 3 fully saturated rings. The minimum Gasteiger partial charge on any atom is -0.495 e. The summed E-state index contributed by atoms with van der Waals surface area (Å²) in [5, 5.41) is 11.1. The molecule has 2 amide bonds. The molecule has 1 aliphatic heterocycles. The molecule has 0 spiro atoms. The number of hydrogen-bond donors (Lipinski definition) is 0. The summed E-state index contributed by atoms with van der Waals surface area (Å²) in [5.74, 6) is 0.371. The van der Waals surface area contributed by atoms with Gasteiger partial charge in [0, 0.05) is 12.1 Å². The molecule has 6 atom stereocenters. The number of methoxy groups -OCH3 is 1. The maximum atomic E-state index is 13.1. The molecule has 7 heteroatoms. The number of benzene rings is 1. The lowest BCUT2D eigenvalue weighted by molar-refractivity contribution is -0.384. The number of ether oxygens (including phenoxy) is 1. The molecule has 0 unspecified atom stereocenters. The van der Waals surface area contributed by atoms with Crippen LogP contribution in [0.4, 0.5) is 11.4 Å². The average molecular weight is 340 g/mol. The molecule has 2 bridgehead atoms. The molecule has 1 heterocycles. The van der Waals surface area contributed by atoms with Gasteiger partial charge in [-0.1, -0.05) is 12.2 Å². The second kappa shape index (κ2) is 4.68. The first-order valence-electron chi connectivity index (χ1n) is 8.41. The lowest BCUT2D eigenvalue weighted by Crippen LogP contribution is -2.40. The fraction of sp³-hybridized carbons (Fsp3) is 0.444. The van der Waals surface area contributed by atoms with Crippen LogP contribution in [0.15, 0.2) is 30.4 Å². The quantitative estimate of drug-likeness (QED) is 0.364. The van der Waals surface area contributed by atoms with Crippen LogP contribution in [0, 0.1) is 45.6 Å². The first-order valence-corrected chi connectivity index (χ1v) is 8.41. The standard InChI is InChI=1S/C18H16N2O5/c1-25-14-5-2-8(20(23)24)6-13(14)19-17(21)15-9-3-4-10(12-7-11(9)12)16(15)18(19)22/h2-6,9-12,15-16H,7H2,1H3/t9-,10-,11-,12-,15-,16+/m0/s1. The number of rotatable bonds is 3. The van der Waals surface area contributed by atoms with Crippen molar-refractivity contribution in [2.24, 2.45) is 35.5 Å². The van der Waals surface area contributed by atoms with E-state index in [2.05, 4.69) is 12.2 Å². The number of hydrogen-bond acceptors (Lipinski definition) is 5. The lowest BCUT2D eigenvalue weighted by Gasteiger charge is -2.37. The number of carbonyl (C=O) groups is 2. The zero-order valence-corrected chi connectivity index (χ0v) is 13.5. The highest BCUT2D eigenvalue weighted by molar-refractivity contribution is 6.23. The van der Waals surface area contributed by atoms with E-state index in [0.717, 1.165) is 11.3 Å². The van der Waals surface area contributed by atoms with Crippen LogP contribution in [-0.2, 0) is 9.59 Å². The Bertz CT molecular complexity index is 827. The molecule has 2 saturated carbocycles. The van der Waals surface area contributed by atoms with Crippen molar-refractivity contribution in [2.75, 3.05) is 12.0 Å². The van der Waals surface area contributed by atoms with Crippen LogP contribution < -0.4 is 9.64 Å². The van der Waals surface area contributed by atoms with Crippen LogP contribution in [0.25, 0.3) is 0 Å². The number of anilines is 1. The van der Waals surface area contributed by atoms with Gasteiger partial charge in [0.05, 0.1) is 23.9 Å². The topological polar surface area (TPSA) is 89.8 Å². The van der Waals surface area contributed by atoms with E-state index in [4.69, 9.17) is 4.74 Å². The van der Waals surface area contributed by atoms with Crippen LogP contribution in [0.2, 0.25) is 0 Å². The highest BCUT2D eigenvalue weighted by Crippen LogP contribution is 2.65. The van der Waals surface area contributed by atoms with Gasteiger partial charge in [0.25, 0.3) is 5.69 Å². The van der Waals surface area contributed by atoms with Crippen molar-refractivity contribution >= 4 is 23.2 Å². The van der Waals surface area contributed by atoms with Crippen LogP contribution >= 0.6 is 0 Å². The molecule has 4 aliphatic carbocycles. The Hall–Kier alpha value is -2.70. The molecule has 25 heavy (non-hydrogen) atoms. The number of nitrogens with zero attached hydrogens (tertiary/aromatic N) is 2. The molecule has 0 aromatic heterocycles. The Labute approximate surface area is 143 Å². The fourth-order valence-electron chi connectivity index (χ4n) is 5.16. The Morgan fingerprint density at radius 3 is 2.24 bits per heavy atom. The summed E-state index contributed by atoms with van der Waals surface area (Å²) in [6.45, 7) is 0. The van der Waals surface area contributed by atoms with Crippen LogP contribution in [-0.4, -0.2) is 23.8 Å². The van der Waals surface area contributed by atoms with E-state index in [0.29, 0.717) is 11.8 Å². The first-order chi connectivity index (χ1) is 12.0. The number of carbonyl (C=O) groups excluding carboxylic acids is 2. The third kappa shape index (κ3) is 1.75. The smallest absolute Gasteiger partial charge is 0.271 e. The largest absolute Gasteiger partial charge is 0.495 e. The molecule has 0 N–H and O–H groups in total. The van der Waals surface area contributed by atoms with Gasteiger partial charge in [-0.15, -0.1) is 0 Å². The van der Waals surface area contributed by atoms with Gasteiger partial charge < -0.3 is 4.74 Å². The lowest BCUT2D eigenvalue weighted by atomic mass is 9.63. The number of non-ortho nitro benzene ring substituents is 1. The number of nitro benzene ring substituents is 1. The normalized spacial score (nSPS) is 37.1. The maximum absolute atomic E-state index is 13.1. The summed E-state index contributed by atoms with van der Waals surface area (Å²) in [7, 11) is 1.42. The summed E-state index contributed by atoms with van der Waals surface area (Å²) in [5.41, 5.74) is 0.00406. The van der Waals surface area contributed by atoms with Gasteiger partial charge in [-0.3, -0.25) is 19.7 Å². The predicted molar refractivity (Wildman–Crippen MR) is 86.8 cm³/mol. The van der Waals surface area contributed by atoms with Crippen molar-refractivity contribution in [1.82, 2.24) is 0 Å². The van der Waals surface area contributed by atoms with E-state index >= 15 is 0 Å². The molecule has 1 aromatic carbocycles. The predicted octanol–water partition coefficient (Wildman–Crippen LogP) is 2.16. The van der Waals surface area contributed by atoms with Gasteiger partial charge in [0.15, 0.2) is 0 Å². The molecule has 5 aliphatic rings. The molecule has 128 valence electrons. The SMILES string of the molecule is COc1ccc([N+](=O)[O-])cc1N1C(=O)[C@@H]2[C@H]3C=C[C@@H]([C@@H]4C[C@@H]34)[C@@H]2C1=O. The van der Waals surface area contributed by atoms with E-state index in [1.165, 1.54) is 25.3 Å². The maximum Gasteiger partial charge on any atom is 0.271 e. The van der Waals surface area contributed by atoms with Gasteiger partial charge in [-0.25, -0.2) is 4.90 Å². The molecule has 6 rings (SSSR count). The Kier molecular flexibility index (Phi) is 2.74. The zero-order chi connectivity index (χ0) is 17.5. The van der Waals surface area contributed by atoms with Crippen molar-refractivity contribution in [3.8, 4) is 5.75 Å². The second-order valence-electron chi connectivity index (χ2n) is 7.28. The highest BCUT2D eigenvalue weighted by Gasteiger charge is 2.67. The molecule has 7 nitrogen and oxygen atoms in total. The minimum absolute atomic E-state index is 0.117. The van der Waals surface area contributed by atoms with E-state index in [1.54, 1.807) is 0 Å².